The summed E-state index contributed by atoms with van der Waals surface area (Å²) in [7, 11) is 0. The third kappa shape index (κ3) is 4.45. The van der Waals surface area contributed by atoms with Gasteiger partial charge in [0.05, 0.1) is 10.5 Å². The van der Waals surface area contributed by atoms with E-state index < -0.39 is 29.1 Å². The Morgan fingerprint density at radius 2 is 2.04 bits per heavy atom. The maximum Gasteiger partial charge on any atom is 0.335 e. The van der Waals surface area contributed by atoms with Crippen molar-refractivity contribution in [3.8, 4) is 5.75 Å². The summed E-state index contributed by atoms with van der Waals surface area (Å²) in [5, 5.41) is 23.0. The van der Waals surface area contributed by atoms with Gasteiger partial charge in [-0.2, -0.15) is 0 Å². The first kappa shape index (κ1) is 18.2. The van der Waals surface area contributed by atoms with E-state index in [1.54, 1.807) is 25.1 Å². The van der Waals surface area contributed by atoms with Crippen LogP contribution in [0.2, 0.25) is 5.02 Å². The zero-order valence-electron chi connectivity index (χ0n) is 13.0. The van der Waals surface area contributed by atoms with Crippen LogP contribution in [0, 0.1) is 17.0 Å². The van der Waals surface area contributed by atoms with Crippen molar-refractivity contribution < 1.29 is 24.4 Å². The first-order chi connectivity index (χ1) is 11.8. The third-order valence-electron chi connectivity index (χ3n) is 3.30. The van der Waals surface area contributed by atoms with Crippen LogP contribution < -0.4 is 10.1 Å². The molecule has 0 bridgehead atoms. The van der Waals surface area contributed by atoms with Crippen LogP contribution in [0.4, 0.5) is 11.4 Å². The normalized spacial score (nSPS) is 10.2. The van der Waals surface area contributed by atoms with Crippen molar-refractivity contribution in [3.63, 3.8) is 0 Å². The summed E-state index contributed by atoms with van der Waals surface area (Å²) in [6.45, 7) is 1.19. The number of anilines is 1. The van der Waals surface area contributed by atoms with Crippen molar-refractivity contribution in [2.75, 3.05) is 11.9 Å². The number of nitrogens with zero attached hydrogens (tertiary/aromatic N) is 1. The monoisotopic (exact) mass is 364 g/mol. The molecule has 0 radical (unpaired) electrons. The van der Waals surface area contributed by atoms with Gasteiger partial charge in [-0.15, -0.1) is 0 Å². The van der Waals surface area contributed by atoms with Crippen molar-refractivity contribution in [1.82, 2.24) is 0 Å². The Morgan fingerprint density at radius 1 is 1.32 bits per heavy atom. The van der Waals surface area contributed by atoms with Crippen molar-refractivity contribution in [3.05, 3.63) is 62.7 Å². The van der Waals surface area contributed by atoms with E-state index >= 15 is 0 Å². The molecule has 8 nitrogen and oxygen atoms in total. The summed E-state index contributed by atoms with van der Waals surface area (Å²) in [6.07, 6.45) is 0. The molecule has 0 atom stereocenters. The molecule has 0 aliphatic carbocycles. The quantitative estimate of drug-likeness (QED) is 0.599. The largest absolute Gasteiger partial charge is 0.478 e. The number of carbonyl (C=O) groups excluding carboxylic acids is 1. The number of carboxylic acids is 1. The van der Waals surface area contributed by atoms with Crippen LogP contribution in [-0.2, 0) is 4.79 Å². The number of rotatable bonds is 6. The van der Waals surface area contributed by atoms with E-state index in [1.807, 2.05) is 0 Å². The molecule has 0 unspecified atom stereocenters. The van der Waals surface area contributed by atoms with E-state index in [9.17, 15) is 19.7 Å². The predicted octanol–water partition coefficient (Wildman–Crippen LogP) is 3.27. The Labute approximate surface area is 147 Å². The molecule has 25 heavy (non-hydrogen) atoms. The summed E-state index contributed by atoms with van der Waals surface area (Å²) in [4.78, 5) is 33.2. The molecule has 130 valence electrons. The second kappa shape index (κ2) is 7.63. The number of benzene rings is 2. The lowest BCUT2D eigenvalue weighted by atomic mass is 10.2. The van der Waals surface area contributed by atoms with E-state index in [0.717, 1.165) is 18.2 Å². The fourth-order valence-electron chi connectivity index (χ4n) is 1.99. The van der Waals surface area contributed by atoms with Crippen molar-refractivity contribution in [1.29, 1.82) is 0 Å². The molecular formula is C16H13ClN2O6. The van der Waals surface area contributed by atoms with E-state index in [2.05, 4.69) is 5.32 Å². The minimum absolute atomic E-state index is 0.188. The lowest BCUT2D eigenvalue weighted by Crippen LogP contribution is -2.21. The number of carbonyl (C=O) groups is 2. The number of carboxylic acid groups (broad SMARTS) is 1. The van der Waals surface area contributed by atoms with Crippen LogP contribution in [-0.4, -0.2) is 28.5 Å². The molecule has 0 spiro atoms. The number of nitrogens with one attached hydrogen (secondary N) is 1. The topological polar surface area (TPSA) is 119 Å². The fourth-order valence-corrected chi connectivity index (χ4v) is 2.16. The number of aromatic carboxylic acids is 1. The average molecular weight is 365 g/mol. The van der Waals surface area contributed by atoms with Crippen LogP contribution in [0.15, 0.2) is 36.4 Å². The van der Waals surface area contributed by atoms with Gasteiger partial charge in [-0.1, -0.05) is 17.7 Å². The highest BCUT2D eigenvalue weighted by Crippen LogP contribution is 2.28. The van der Waals surface area contributed by atoms with Crippen molar-refractivity contribution in [2.45, 2.75) is 6.92 Å². The van der Waals surface area contributed by atoms with Crippen LogP contribution in [0.25, 0.3) is 0 Å². The van der Waals surface area contributed by atoms with Gasteiger partial charge in [0, 0.05) is 22.8 Å². The maximum absolute atomic E-state index is 12.0. The van der Waals surface area contributed by atoms with E-state index in [0.29, 0.717) is 16.3 Å². The Bertz CT molecular complexity index is 853. The highest BCUT2D eigenvalue weighted by atomic mass is 35.5. The van der Waals surface area contributed by atoms with Gasteiger partial charge >= 0.3 is 11.7 Å². The SMILES string of the molecule is Cc1c(Cl)cccc1NC(=O)COc1cc(C(=O)O)ccc1[N+](=O)[O-]. The van der Waals surface area contributed by atoms with Crippen LogP contribution >= 0.6 is 11.6 Å². The minimum Gasteiger partial charge on any atom is -0.478 e. The molecule has 0 saturated heterocycles. The first-order valence-corrected chi connectivity index (χ1v) is 7.37. The molecule has 0 aliphatic rings. The van der Waals surface area contributed by atoms with Gasteiger partial charge in [-0.25, -0.2) is 4.79 Å². The number of amides is 1. The van der Waals surface area contributed by atoms with Crippen LogP contribution in [0.1, 0.15) is 15.9 Å². The smallest absolute Gasteiger partial charge is 0.335 e. The molecule has 1 amide bonds. The summed E-state index contributed by atoms with van der Waals surface area (Å²) < 4.78 is 5.14. The second-order valence-corrected chi connectivity index (χ2v) is 5.40. The Kier molecular flexibility index (Phi) is 5.56. The standard InChI is InChI=1S/C16H13ClN2O6/c1-9-11(17)3-2-4-12(9)18-15(20)8-25-14-7-10(16(21)22)5-6-13(14)19(23)24/h2-7H,8H2,1H3,(H,18,20)(H,21,22). The van der Waals surface area contributed by atoms with E-state index in [4.69, 9.17) is 21.4 Å². The molecule has 0 aromatic heterocycles. The number of ether oxygens (including phenoxy) is 1. The van der Waals surface area contributed by atoms with Gasteiger partial charge in [-0.05, 0) is 30.7 Å². The molecular weight excluding hydrogens is 352 g/mol. The average Bonchev–Trinajstić information content (AvgIpc) is 2.56. The number of nitro benzene ring substituents is 1. The number of nitro groups is 1. The lowest BCUT2D eigenvalue weighted by Gasteiger charge is -2.11. The Balaban J connectivity index is 2.13. The summed E-state index contributed by atoms with van der Waals surface area (Å²) in [5.74, 6) is -2.14. The van der Waals surface area contributed by atoms with Gasteiger partial charge in [0.2, 0.25) is 0 Å². The molecule has 0 fully saturated rings. The fraction of sp³-hybridized carbons (Fsp3) is 0.125. The van der Waals surface area contributed by atoms with Crippen molar-refractivity contribution >= 4 is 34.9 Å². The summed E-state index contributed by atoms with van der Waals surface area (Å²) in [5.41, 5.74) is 0.523. The summed E-state index contributed by atoms with van der Waals surface area (Å²) >= 11 is 5.96. The molecule has 0 heterocycles. The molecule has 0 saturated carbocycles. The third-order valence-corrected chi connectivity index (χ3v) is 3.71. The lowest BCUT2D eigenvalue weighted by molar-refractivity contribution is -0.385. The highest BCUT2D eigenvalue weighted by molar-refractivity contribution is 6.31. The molecule has 2 N–H and O–H groups in total. The molecule has 2 aromatic rings. The van der Waals surface area contributed by atoms with Gasteiger partial charge in [0.1, 0.15) is 0 Å². The van der Waals surface area contributed by atoms with Gasteiger partial charge in [-0.3, -0.25) is 14.9 Å². The molecule has 9 heteroatoms. The molecule has 2 aromatic carbocycles. The van der Waals surface area contributed by atoms with Crippen LogP contribution in [0.5, 0.6) is 5.75 Å². The van der Waals surface area contributed by atoms with Gasteiger partial charge in [0.15, 0.2) is 12.4 Å². The molecule has 0 aliphatic heterocycles. The van der Waals surface area contributed by atoms with Crippen molar-refractivity contribution in [2.24, 2.45) is 0 Å². The van der Waals surface area contributed by atoms with E-state index in [1.165, 1.54) is 0 Å². The number of hydrogen-bond acceptors (Lipinski definition) is 5. The Morgan fingerprint density at radius 3 is 2.68 bits per heavy atom. The first-order valence-electron chi connectivity index (χ1n) is 6.99. The van der Waals surface area contributed by atoms with Gasteiger partial charge in [0.25, 0.3) is 5.91 Å². The van der Waals surface area contributed by atoms with Gasteiger partial charge < -0.3 is 15.2 Å². The molecule has 2 rings (SSSR count). The second-order valence-electron chi connectivity index (χ2n) is 4.99. The highest BCUT2D eigenvalue weighted by Gasteiger charge is 2.19. The Hall–Kier alpha value is -3.13. The van der Waals surface area contributed by atoms with Crippen LogP contribution in [0.3, 0.4) is 0 Å². The van der Waals surface area contributed by atoms with E-state index in [-0.39, 0.29) is 11.3 Å². The summed E-state index contributed by atoms with van der Waals surface area (Å²) in [6, 6.07) is 8.07. The number of hydrogen-bond donors (Lipinski definition) is 2. The number of halogens is 1. The predicted molar refractivity (Wildman–Crippen MR) is 90.4 cm³/mol. The zero-order valence-corrected chi connectivity index (χ0v) is 13.7. The minimum atomic E-state index is -1.27. The zero-order chi connectivity index (χ0) is 18.6. The maximum atomic E-state index is 12.0.